The molecule has 136 valence electrons. The lowest BCUT2D eigenvalue weighted by atomic mass is 10.2. The van der Waals surface area contributed by atoms with Crippen LogP contribution in [0.1, 0.15) is 32.1 Å². The van der Waals surface area contributed by atoms with Crippen LogP contribution in [0.25, 0.3) is 0 Å². The average Bonchev–Trinajstić information content (AvgIpc) is 3.25. The van der Waals surface area contributed by atoms with Gasteiger partial charge in [0.15, 0.2) is 0 Å². The van der Waals surface area contributed by atoms with E-state index < -0.39 is 0 Å². The summed E-state index contributed by atoms with van der Waals surface area (Å²) in [5.74, 6) is 0.201. The molecule has 1 heterocycles. The third kappa shape index (κ3) is 8.82. The zero-order valence-corrected chi connectivity index (χ0v) is 15.2. The highest BCUT2D eigenvalue weighted by atomic mass is 31.1. The van der Waals surface area contributed by atoms with Gasteiger partial charge in [-0.05, 0) is 38.0 Å². The Bertz CT molecular complexity index is 413. The van der Waals surface area contributed by atoms with Crippen molar-refractivity contribution in [1.82, 2.24) is 10.2 Å². The van der Waals surface area contributed by atoms with Gasteiger partial charge in [-0.25, -0.2) is 0 Å². The Kier molecular flexibility index (Phi) is 12.8. The summed E-state index contributed by atoms with van der Waals surface area (Å²) < 4.78 is 0. The minimum Gasteiger partial charge on any atom is -0.483 e. The minimum absolute atomic E-state index is 0.0573. The Hall–Kier alpha value is -1.68. The van der Waals surface area contributed by atoms with Gasteiger partial charge in [0.2, 0.25) is 11.8 Å². The summed E-state index contributed by atoms with van der Waals surface area (Å²) in [7, 11) is 0.768. The number of carboxylic acid groups (broad SMARTS) is 1. The number of hydrogen-bond acceptors (Lipinski definition) is 3. The van der Waals surface area contributed by atoms with Gasteiger partial charge in [-0.1, -0.05) is 6.08 Å². The number of allylic oxidation sites excluding steroid dienone is 1. The van der Waals surface area contributed by atoms with Crippen LogP contribution in [-0.2, 0) is 14.4 Å². The van der Waals surface area contributed by atoms with Crippen molar-refractivity contribution in [2.75, 3.05) is 18.9 Å². The molecule has 1 aliphatic heterocycles. The smallest absolute Gasteiger partial charge is 0.290 e. The maximum Gasteiger partial charge on any atom is 0.290 e. The van der Waals surface area contributed by atoms with E-state index in [0.717, 1.165) is 53.1 Å². The lowest BCUT2D eigenvalue weighted by Gasteiger charge is -2.24. The van der Waals surface area contributed by atoms with Crippen LogP contribution in [-0.4, -0.2) is 59.2 Å². The van der Waals surface area contributed by atoms with Crippen molar-refractivity contribution in [1.29, 1.82) is 0 Å². The van der Waals surface area contributed by atoms with Crippen LogP contribution in [0.2, 0.25) is 0 Å². The quantitative estimate of drug-likeness (QED) is 0.316. The first-order valence-corrected chi connectivity index (χ1v) is 9.54. The van der Waals surface area contributed by atoms with Crippen LogP contribution >= 0.6 is 8.58 Å². The van der Waals surface area contributed by atoms with Gasteiger partial charge in [0.1, 0.15) is 6.04 Å². The van der Waals surface area contributed by atoms with Crippen molar-refractivity contribution in [3.63, 3.8) is 0 Å². The lowest BCUT2D eigenvalue weighted by Crippen LogP contribution is -2.46. The van der Waals surface area contributed by atoms with Gasteiger partial charge in [0, 0.05) is 19.0 Å². The van der Waals surface area contributed by atoms with Crippen molar-refractivity contribution in [2.24, 2.45) is 0 Å². The number of carbonyl (C=O) groups excluding carboxylic acids is 2. The third-order valence-electron chi connectivity index (χ3n) is 3.60. The van der Waals surface area contributed by atoms with E-state index in [9.17, 15) is 9.59 Å². The zero-order chi connectivity index (χ0) is 18.4. The minimum atomic E-state index is -0.250. The predicted molar refractivity (Wildman–Crippen MR) is 98.7 cm³/mol. The number of likely N-dealkylation sites (tertiary alicyclic amines) is 1. The number of nitrogens with zero attached hydrogens (tertiary/aromatic N) is 1. The molecule has 0 aromatic carbocycles. The SMILES string of the molecule is C=C.C=CCPCCC(=O)N1CCC[C@H]1C(=O)NC1CC1.O=CO. The van der Waals surface area contributed by atoms with Gasteiger partial charge in [-0.2, -0.15) is 0 Å². The Morgan fingerprint density at radius 3 is 2.46 bits per heavy atom. The van der Waals surface area contributed by atoms with E-state index in [1.54, 1.807) is 4.90 Å². The van der Waals surface area contributed by atoms with E-state index in [2.05, 4.69) is 25.1 Å². The standard InChI is InChI=1S/C14H23N2O2P.C2H4.CH2O2/c1-2-9-19-10-7-13(17)16-8-3-4-12(16)14(18)15-11-5-6-11;1-2;2-1-3/h2,11-12,19H,1,3-10H2,(H,15,18);1-2H2;1H,(H,2,3)/t12-;;/m0../s1. The highest BCUT2D eigenvalue weighted by Crippen LogP contribution is 2.23. The fourth-order valence-electron chi connectivity index (χ4n) is 2.41. The van der Waals surface area contributed by atoms with Crippen molar-refractivity contribution in [2.45, 2.75) is 44.2 Å². The van der Waals surface area contributed by atoms with Crippen LogP contribution in [0.15, 0.2) is 25.8 Å². The highest BCUT2D eigenvalue weighted by molar-refractivity contribution is 7.38. The van der Waals surface area contributed by atoms with Crippen LogP contribution in [0.3, 0.4) is 0 Å². The fraction of sp³-hybridized carbons (Fsp3) is 0.588. The van der Waals surface area contributed by atoms with Gasteiger partial charge in [0.05, 0.1) is 0 Å². The van der Waals surface area contributed by atoms with Crippen molar-refractivity contribution >= 4 is 26.9 Å². The van der Waals surface area contributed by atoms with Gasteiger partial charge < -0.3 is 15.3 Å². The molecule has 1 unspecified atom stereocenters. The zero-order valence-electron chi connectivity index (χ0n) is 14.2. The highest BCUT2D eigenvalue weighted by Gasteiger charge is 2.35. The molecule has 1 saturated carbocycles. The Labute approximate surface area is 146 Å². The van der Waals surface area contributed by atoms with Crippen LogP contribution in [0.4, 0.5) is 0 Å². The lowest BCUT2D eigenvalue weighted by molar-refractivity contribution is -0.138. The van der Waals surface area contributed by atoms with E-state index >= 15 is 0 Å². The molecule has 0 spiro atoms. The van der Waals surface area contributed by atoms with Crippen LogP contribution in [0, 0.1) is 0 Å². The number of rotatable bonds is 7. The predicted octanol–water partition coefficient (Wildman–Crippen LogP) is 2.01. The Morgan fingerprint density at radius 1 is 1.29 bits per heavy atom. The average molecular weight is 356 g/mol. The van der Waals surface area contributed by atoms with Crippen molar-refractivity contribution in [3.8, 4) is 0 Å². The van der Waals surface area contributed by atoms with E-state index in [-0.39, 0.29) is 24.3 Å². The van der Waals surface area contributed by atoms with Gasteiger partial charge in [0.25, 0.3) is 6.47 Å². The number of hydrogen-bond donors (Lipinski definition) is 2. The number of amides is 2. The van der Waals surface area contributed by atoms with Crippen molar-refractivity contribution < 1.29 is 19.5 Å². The molecule has 0 aromatic heterocycles. The summed E-state index contributed by atoms with van der Waals surface area (Å²) in [5.41, 5.74) is 0. The van der Waals surface area contributed by atoms with Gasteiger partial charge in [-0.15, -0.1) is 28.3 Å². The third-order valence-corrected chi connectivity index (χ3v) is 4.78. The molecule has 2 amide bonds. The second kappa shape index (κ2) is 13.7. The molecule has 2 aliphatic rings. The molecule has 0 aromatic rings. The van der Waals surface area contributed by atoms with E-state index in [1.807, 2.05) is 6.08 Å². The summed E-state index contributed by atoms with van der Waals surface area (Å²) in [6, 6.07) is 0.162. The molecule has 1 aliphatic carbocycles. The first kappa shape index (κ1) is 22.3. The molecular weight excluding hydrogens is 327 g/mol. The molecule has 24 heavy (non-hydrogen) atoms. The topological polar surface area (TPSA) is 86.7 Å². The van der Waals surface area contributed by atoms with E-state index in [0.29, 0.717) is 12.5 Å². The Balaban J connectivity index is 0.000000952. The molecule has 2 fully saturated rings. The second-order valence-corrected chi connectivity index (χ2v) is 6.78. The summed E-state index contributed by atoms with van der Waals surface area (Å²) in [4.78, 5) is 34.4. The van der Waals surface area contributed by atoms with E-state index in [4.69, 9.17) is 9.90 Å². The molecule has 2 N–H and O–H groups in total. The molecule has 7 heteroatoms. The number of carbonyl (C=O) groups is 3. The van der Waals surface area contributed by atoms with Crippen LogP contribution in [0.5, 0.6) is 0 Å². The fourth-order valence-corrected chi connectivity index (χ4v) is 3.20. The maximum absolute atomic E-state index is 12.1. The molecule has 0 bridgehead atoms. The second-order valence-electron chi connectivity index (χ2n) is 5.38. The van der Waals surface area contributed by atoms with Crippen molar-refractivity contribution in [3.05, 3.63) is 25.8 Å². The Morgan fingerprint density at radius 2 is 1.92 bits per heavy atom. The summed E-state index contributed by atoms with van der Waals surface area (Å²) in [6.07, 6.45) is 8.31. The first-order valence-electron chi connectivity index (χ1n) is 8.13. The monoisotopic (exact) mass is 356 g/mol. The summed E-state index contributed by atoms with van der Waals surface area (Å²) >= 11 is 0. The number of nitrogens with one attached hydrogen (secondary N) is 1. The first-order chi connectivity index (χ1) is 11.6. The summed E-state index contributed by atoms with van der Waals surface area (Å²) in [6.45, 7) is 10.2. The van der Waals surface area contributed by atoms with Gasteiger partial charge >= 0.3 is 0 Å². The normalized spacial score (nSPS) is 18.8. The van der Waals surface area contributed by atoms with E-state index in [1.165, 1.54) is 0 Å². The molecule has 0 radical (unpaired) electrons. The summed E-state index contributed by atoms with van der Waals surface area (Å²) in [5, 5.41) is 9.90. The largest absolute Gasteiger partial charge is 0.483 e. The molecule has 2 rings (SSSR count). The maximum atomic E-state index is 12.1. The molecule has 1 saturated heterocycles. The van der Waals surface area contributed by atoms with Gasteiger partial charge in [-0.3, -0.25) is 14.4 Å². The molecular formula is C17H29N2O4P. The molecule has 2 atom stereocenters. The molecule has 6 nitrogen and oxygen atoms in total. The van der Waals surface area contributed by atoms with Crippen LogP contribution < -0.4 is 5.32 Å².